The molecule has 0 atom stereocenters. The number of nitrogens with zero attached hydrogens (tertiary/aromatic N) is 1. The van der Waals surface area contributed by atoms with Crippen LogP contribution in [0.25, 0.3) is 6.08 Å². The van der Waals surface area contributed by atoms with E-state index < -0.39 is 0 Å². The second kappa shape index (κ2) is 7.80. The molecule has 0 spiro atoms. The minimum Gasteiger partial charge on any atom is -0.478 e. The Labute approximate surface area is 191 Å². The van der Waals surface area contributed by atoms with Gasteiger partial charge in [0.2, 0.25) is 5.78 Å². The normalized spacial score (nSPS) is 21.6. The highest BCUT2D eigenvalue weighted by molar-refractivity contribution is 6.31. The lowest BCUT2D eigenvalue weighted by atomic mass is 9.98. The Kier molecular flexibility index (Phi) is 4.90. The first-order chi connectivity index (χ1) is 15.6. The van der Waals surface area contributed by atoms with Crippen LogP contribution in [0.4, 0.5) is 0 Å². The van der Waals surface area contributed by atoms with Crippen LogP contribution in [0.15, 0.2) is 24.0 Å². The molecule has 0 aromatic heterocycles. The molecular formula is C25H24ClNO5. The van der Waals surface area contributed by atoms with Crippen molar-refractivity contribution in [3.63, 3.8) is 0 Å². The summed E-state index contributed by atoms with van der Waals surface area (Å²) in [6, 6.07) is 6.10. The molecule has 7 heteroatoms. The van der Waals surface area contributed by atoms with Crippen LogP contribution in [-0.2, 0) is 17.9 Å². The van der Waals surface area contributed by atoms with Gasteiger partial charge in [-0.05, 0) is 49.6 Å². The van der Waals surface area contributed by atoms with E-state index >= 15 is 0 Å². The number of ether oxygens (including phenoxy) is 4. The molecule has 4 aliphatic rings. The zero-order chi connectivity index (χ0) is 21.8. The van der Waals surface area contributed by atoms with Crippen molar-refractivity contribution in [2.75, 3.05) is 13.5 Å². The number of allylic oxidation sites excluding steroid dienone is 1. The Morgan fingerprint density at radius 2 is 1.97 bits per heavy atom. The van der Waals surface area contributed by atoms with E-state index in [1.807, 2.05) is 19.1 Å². The number of hydrogen-bond acceptors (Lipinski definition) is 6. The summed E-state index contributed by atoms with van der Waals surface area (Å²) >= 11 is 6.30. The van der Waals surface area contributed by atoms with E-state index in [1.165, 1.54) is 25.7 Å². The summed E-state index contributed by atoms with van der Waals surface area (Å²) in [5, 5.41) is 0.557. The smallest absolute Gasteiger partial charge is 0.232 e. The zero-order valence-corrected chi connectivity index (χ0v) is 18.7. The Bertz CT molecular complexity index is 1150. The van der Waals surface area contributed by atoms with Crippen molar-refractivity contribution in [1.29, 1.82) is 0 Å². The lowest BCUT2D eigenvalue weighted by Crippen LogP contribution is -2.39. The van der Waals surface area contributed by atoms with Gasteiger partial charge in [0.15, 0.2) is 12.6 Å². The highest BCUT2D eigenvalue weighted by atomic mass is 35.5. The van der Waals surface area contributed by atoms with Gasteiger partial charge in [0, 0.05) is 28.7 Å². The van der Waals surface area contributed by atoms with Crippen molar-refractivity contribution in [1.82, 2.24) is 4.90 Å². The van der Waals surface area contributed by atoms with Crippen LogP contribution in [0.2, 0.25) is 5.02 Å². The van der Waals surface area contributed by atoms with Crippen LogP contribution < -0.4 is 14.2 Å². The average molecular weight is 454 g/mol. The van der Waals surface area contributed by atoms with E-state index in [1.54, 1.807) is 12.1 Å². The van der Waals surface area contributed by atoms with Crippen LogP contribution in [0.3, 0.4) is 0 Å². The van der Waals surface area contributed by atoms with Gasteiger partial charge < -0.3 is 18.9 Å². The Hall–Kier alpha value is -2.54. The average Bonchev–Trinajstić information content (AvgIpc) is 3.43. The number of halogens is 1. The molecule has 0 bridgehead atoms. The zero-order valence-electron chi connectivity index (χ0n) is 17.9. The molecule has 1 aliphatic carbocycles. The number of carbonyl (C=O) groups excluding carboxylic acids is 1. The highest BCUT2D eigenvalue weighted by Crippen LogP contribution is 2.45. The molecule has 2 aromatic carbocycles. The van der Waals surface area contributed by atoms with Crippen molar-refractivity contribution >= 4 is 23.5 Å². The molecule has 6 nitrogen and oxygen atoms in total. The summed E-state index contributed by atoms with van der Waals surface area (Å²) in [4.78, 5) is 15.7. The van der Waals surface area contributed by atoms with Crippen molar-refractivity contribution in [3.05, 3.63) is 56.8 Å². The fourth-order valence-electron chi connectivity index (χ4n) is 5.21. The van der Waals surface area contributed by atoms with Crippen LogP contribution in [0.5, 0.6) is 17.2 Å². The molecule has 6 rings (SSSR count). The molecule has 1 saturated carbocycles. The molecule has 166 valence electrons. The number of carbonyl (C=O) groups is 1. The first kappa shape index (κ1) is 20.1. The van der Waals surface area contributed by atoms with E-state index in [0.717, 1.165) is 29.0 Å². The summed E-state index contributed by atoms with van der Waals surface area (Å²) in [7, 11) is 0. The summed E-state index contributed by atoms with van der Waals surface area (Å²) in [6.07, 6.45) is 6.64. The third-order valence-corrected chi connectivity index (χ3v) is 7.00. The second-order valence-electron chi connectivity index (χ2n) is 8.87. The summed E-state index contributed by atoms with van der Waals surface area (Å²) in [5.41, 5.74) is 4.00. The van der Waals surface area contributed by atoms with E-state index in [-0.39, 0.29) is 18.3 Å². The largest absolute Gasteiger partial charge is 0.478 e. The number of ketones is 1. The number of fused-ring (bicyclic) bond motifs is 4. The number of benzene rings is 2. The minimum absolute atomic E-state index is 0.126. The molecule has 1 fully saturated rings. The second-order valence-corrected chi connectivity index (χ2v) is 9.30. The van der Waals surface area contributed by atoms with Crippen LogP contribution in [-0.4, -0.2) is 30.2 Å². The molecule has 0 radical (unpaired) electrons. The molecule has 0 amide bonds. The van der Waals surface area contributed by atoms with Gasteiger partial charge in [0.05, 0.1) is 17.7 Å². The summed E-state index contributed by atoms with van der Waals surface area (Å²) in [5.74, 6) is 2.26. The molecule has 0 saturated heterocycles. The monoisotopic (exact) mass is 453 g/mol. The predicted octanol–water partition coefficient (Wildman–Crippen LogP) is 5.23. The van der Waals surface area contributed by atoms with Gasteiger partial charge in [-0.3, -0.25) is 9.69 Å². The topological polar surface area (TPSA) is 57.2 Å². The SMILES string of the molecule is Cc1cc2c(c3c1C(=O)/C(=C/c1cc(Cl)cc4c1OCOC4)O3)CN(C1CCCC1)CO2. The van der Waals surface area contributed by atoms with Gasteiger partial charge in [0.25, 0.3) is 0 Å². The molecular weight excluding hydrogens is 430 g/mol. The maximum absolute atomic E-state index is 13.4. The summed E-state index contributed by atoms with van der Waals surface area (Å²) in [6.45, 7) is 3.83. The standard InChI is InChI=1S/C25H24ClNO5/c1-14-6-20-19(10-27(12-30-20)18-4-2-3-5-18)25-22(14)23(28)21(32-25)9-15-7-17(26)8-16-11-29-13-31-24(15)16/h6-9,18H,2-5,10-13H2,1H3/b21-9-. The van der Waals surface area contributed by atoms with Crippen LogP contribution >= 0.6 is 11.6 Å². The third-order valence-electron chi connectivity index (χ3n) is 6.78. The van der Waals surface area contributed by atoms with Crippen molar-refractivity contribution in [3.8, 4) is 17.2 Å². The molecule has 0 unspecified atom stereocenters. The first-order valence-electron chi connectivity index (χ1n) is 11.1. The maximum atomic E-state index is 13.4. The minimum atomic E-state index is -0.126. The molecule has 3 heterocycles. The quantitative estimate of drug-likeness (QED) is 0.580. The third kappa shape index (κ3) is 3.29. The molecule has 0 N–H and O–H groups in total. The van der Waals surface area contributed by atoms with Crippen LogP contribution in [0.1, 0.15) is 58.3 Å². The van der Waals surface area contributed by atoms with Gasteiger partial charge in [-0.25, -0.2) is 0 Å². The van der Waals surface area contributed by atoms with E-state index in [0.29, 0.717) is 47.0 Å². The van der Waals surface area contributed by atoms with E-state index in [2.05, 4.69) is 4.90 Å². The Morgan fingerprint density at radius 1 is 1.12 bits per heavy atom. The molecule has 3 aliphatic heterocycles. The molecule has 32 heavy (non-hydrogen) atoms. The van der Waals surface area contributed by atoms with E-state index in [4.69, 9.17) is 30.5 Å². The summed E-state index contributed by atoms with van der Waals surface area (Å²) < 4.78 is 23.4. The van der Waals surface area contributed by atoms with Gasteiger partial charge >= 0.3 is 0 Å². The maximum Gasteiger partial charge on any atom is 0.232 e. The van der Waals surface area contributed by atoms with Crippen molar-refractivity contribution < 1.29 is 23.7 Å². The fraction of sp³-hybridized carbons (Fsp3) is 0.400. The first-order valence-corrected chi connectivity index (χ1v) is 11.5. The lowest BCUT2D eigenvalue weighted by Gasteiger charge is -2.34. The van der Waals surface area contributed by atoms with Crippen molar-refractivity contribution in [2.45, 2.75) is 51.8 Å². The Balaban J connectivity index is 1.38. The highest BCUT2D eigenvalue weighted by Gasteiger charge is 2.37. The molecule has 2 aromatic rings. The van der Waals surface area contributed by atoms with Gasteiger partial charge in [-0.2, -0.15) is 0 Å². The number of Topliss-reactive ketones (excluding diaryl/α,β-unsaturated/α-hetero) is 1. The number of rotatable bonds is 2. The van der Waals surface area contributed by atoms with Gasteiger partial charge in [0.1, 0.15) is 24.0 Å². The lowest BCUT2D eigenvalue weighted by molar-refractivity contribution is -0.0165. The predicted molar refractivity (Wildman–Crippen MR) is 119 cm³/mol. The number of aryl methyl sites for hydroxylation is 1. The van der Waals surface area contributed by atoms with Gasteiger partial charge in [-0.1, -0.05) is 24.4 Å². The van der Waals surface area contributed by atoms with Crippen LogP contribution in [0, 0.1) is 6.92 Å². The Morgan fingerprint density at radius 3 is 2.81 bits per heavy atom. The van der Waals surface area contributed by atoms with Gasteiger partial charge in [-0.15, -0.1) is 0 Å². The number of hydrogen-bond donors (Lipinski definition) is 0. The fourth-order valence-corrected chi connectivity index (χ4v) is 5.46. The van der Waals surface area contributed by atoms with Crippen molar-refractivity contribution in [2.24, 2.45) is 0 Å². The van der Waals surface area contributed by atoms with E-state index in [9.17, 15) is 4.79 Å².